The zero-order valence-corrected chi connectivity index (χ0v) is 19.6. The Morgan fingerprint density at radius 2 is 1.56 bits per heavy atom. The Hall–Kier alpha value is -3.93. The first-order valence-corrected chi connectivity index (χ1v) is 11.6. The second-order valence-corrected chi connectivity index (χ2v) is 8.72. The minimum atomic E-state index is 0.0139. The van der Waals surface area contributed by atoms with E-state index in [9.17, 15) is 4.79 Å². The number of rotatable bonds is 5. The van der Waals surface area contributed by atoms with Gasteiger partial charge in [0.15, 0.2) is 12.4 Å². The maximum absolute atomic E-state index is 12.7. The largest absolute Gasteiger partial charge is 0.483 e. The molecule has 0 bridgehead atoms. The molecule has 1 aliphatic rings. The summed E-state index contributed by atoms with van der Waals surface area (Å²) in [5, 5.41) is 11.3. The van der Waals surface area contributed by atoms with Crippen LogP contribution in [0.1, 0.15) is 11.1 Å². The van der Waals surface area contributed by atoms with Crippen molar-refractivity contribution in [1.82, 2.24) is 15.1 Å². The van der Waals surface area contributed by atoms with Gasteiger partial charge in [-0.1, -0.05) is 54.6 Å². The van der Waals surface area contributed by atoms with Gasteiger partial charge in [0, 0.05) is 31.7 Å². The van der Waals surface area contributed by atoms with Crippen molar-refractivity contribution in [2.75, 3.05) is 37.7 Å². The highest BCUT2D eigenvalue weighted by atomic mass is 16.5. The Morgan fingerprint density at radius 3 is 2.26 bits per heavy atom. The van der Waals surface area contributed by atoms with Crippen LogP contribution in [0.5, 0.6) is 5.75 Å². The van der Waals surface area contributed by atoms with Crippen molar-refractivity contribution in [3.63, 3.8) is 0 Å². The number of nitrogens with zero attached hydrogens (tertiary/aromatic N) is 4. The number of hydrogen-bond acceptors (Lipinski definition) is 5. The first-order chi connectivity index (χ1) is 16.6. The van der Waals surface area contributed by atoms with Gasteiger partial charge in [0.25, 0.3) is 5.91 Å². The molecule has 0 saturated carbocycles. The summed E-state index contributed by atoms with van der Waals surface area (Å²) in [7, 11) is 0. The molecule has 2 heterocycles. The van der Waals surface area contributed by atoms with Crippen LogP contribution in [0.4, 0.5) is 5.82 Å². The lowest BCUT2D eigenvalue weighted by Gasteiger charge is -2.35. The van der Waals surface area contributed by atoms with Crippen LogP contribution in [0, 0.1) is 13.8 Å². The van der Waals surface area contributed by atoms with Crippen molar-refractivity contribution in [1.29, 1.82) is 0 Å². The summed E-state index contributed by atoms with van der Waals surface area (Å²) in [6, 6.07) is 24.7. The van der Waals surface area contributed by atoms with Gasteiger partial charge >= 0.3 is 0 Å². The maximum atomic E-state index is 12.7. The summed E-state index contributed by atoms with van der Waals surface area (Å²) in [5.74, 6) is 1.65. The van der Waals surface area contributed by atoms with E-state index in [1.54, 1.807) is 0 Å². The van der Waals surface area contributed by atoms with E-state index >= 15 is 0 Å². The number of amides is 1. The number of carbonyl (C=O) groups excluding carboxylic acids is 1. The zero-order chi connectivity index (χ0) is 23.5. The van der Waals surface area contributed by atoms with Crippen LogP contribution in [0.15, 0.2) is 72.8 Å². The molecule has 6 heteroatoms. The number of piperazine rings is 1. The molecule has 1 aromatic heterocycles. The number of fused-ring (bicyclic) bond motifs is 1. The van der Waals surface area contributed by atoms with Crippen LogP contribution in [-0.2, 0) is 4.79 Å². The molecule has 0 atom stereocenters. The van der Waals surface area contributed by atoms with E-state index in [1.165, 1.54) is 10.8 Å². The third kappa shape index (κ3) is 4.57. The molecule has 5 rings (SSSR count). The third-order valence-corrected chi connectivity index (χ3v) is 6.40. The fourth-order valence-corrected chi connectivity index (χ4v) is 4.43. The van der Waals surface area contributed by atoms with Gasteiger partial charge < -0.3 is 14.5 Å². The normalized spacial score (nSPS) is 13.8. The lowest BCUT2D eigenvalue weighted by atomic mass is 10.1. The number of aryl methyl sites for hydroxylation is 2. The van der Waals surface area contributed by atoms with Crippen LogP contribution in [0.3, 0.4) is 0 Å². The number of carbonyl (C=O) groups is 1. The quantitative estimate of drug-likeness (QED) is 0.442. The van der Waals surface area contributed by atoms with E-state index in [2.05, 4.69) is 45.4 Å². The number of para-hydroxylation sites is 1. The van der Waals surface area contributed by atoms with Crippen molar-refractivity contribution in [2.24, 2.45) is 0 Å². The summed E-state index contributed by atoms with van der Waals surface area (Å²) in [5.41, 5.74) is 4.00. The molecule has 0 unspecified atom stereocenters. The highest BCUT2D eigenvalue weighted by Crippen LogP contribution is 2.25. The van der Waals surface area contributed by atoms with Gasteiger partial charge in [0.1, 0.15) is 5.75 Å². The minimum absolute atomic E-state index is 0.0139. The molecule has 1 amide bonds. The SMILES string of the molecule is Cc1cccc(C)c1OCC(=O)N1CCN(c2ccc(-c3ccc4ccccc4c3)nn2)CC1. The number of benzene rings is 3. The smallest absolute Gasteiger partial charge is 0.260 e. The van der Waals surface area contributed by atoms with Crippen LogP contribution in [-0.4, -0.2) is 53.8 Å². The van der Waals surface area contributed by atoms with Crippen LogP contribution in [0.25, 0.3) is 22.0 Å². The summed E-state index contributed by atoms with van der Waals surface area (Å²) in [6.45, 7) is 6.78. The van der Waals surface area contributed by atoms with E-state index in [0.29, 0.717) is 13.1 Å². The molecular weight excluding hydrogens is 424 g/mol. The lowest BCUT2D eigenvalue weighted by molar-refractivity contribution is -0.133. The molecule has 0 spiro atoms. The molecule has 172 valence electrons. The number of anilines is 1. The third-order valence-electron chi connectivity index (χ3n) is 6.40. The van der Waals surface area contributed by atoms with Crippen LogP contribution in [0.2, 0.25) is 0 Å². The van der Waals surface area contributed by atoms with Gasteiger partial charge in [0.05, 0.1) is 5.69 Å². The Kier molecular flexibility index (Phi) is 6.12. The van der Waals surface area contributed by atoms with E-state index in [0.717, 1.165) is 47.0 Å². The molecule has 3 aromatic carbocycles. The Morgan fingerprint density at radius 1 is 0.824 bits per heavy atom. The van der Waals surface area contributed by atoms with Gasteiger partial charge in [-0.2, -0.15) is 0 Å². The topological polar surface area (TPSA) is 58.6 Å². The van der Waals surface area contributed by atoms with Crippen LogP contribution >= 0.6 is 0 Å². The molecule has 0 N–H and O–H groups in total. The Labute approximate surface area is 199 Å². The number of hydrogen-bond donors (Lipinski definition) is 0. The van der Waals surface area contributed by atoms with E-state index in [1.807, 2.05) is 61.2 Å². The van der Waals surface area contributed by atoms with E-state index in [-0.39, 0.29) is 12.5 Å². The van der Waals surface area contributed by atoms with Gasteiger partial charge in [-0.25, -0.2) is 0 Å². The summed E-state index contributed by atoms with van der Waals surface area (Å²) in [4.78, 5) is 16.7. The zero-order valence-electron chi connectivity index (χ0n) is 19.6. The average Bonchev–Trinajstić information content (AvgIpc) is 2.88. The van der Waals surface area contributed by atoms with E-state index < -0.39 is 0 Å². The molecule has 0 aliphatic carbocycles. The summed E-state index contributed by atoms with van der Waals surface area (Å²) in [6.07, 6.45) is 0. The average molecular weight is 453 g/mol. The molecule has 34 heavy (non-hydrogen) atoms. The first-order valence-electron chi connectivity index (χ1n) is 11.6. The van der Waals surface area contributed by atoms with E-state index in [4.69, 9.17) is 4.74 Å². The number of aromatic nitrogens is 2. The maximum Gasteiger partial charge on any atom is 0.260 e. The highest BCUT2D eigenvalue weighted by molar-refractivity contribution is 5.86. The predicted octanol–water partition coefficient (Wildman–Crippen LogP) is 4.64. The van der Waals surface area contributed by atoms with Gasteiger partial charge in [-0.15, -0.1) is 10.2 Å². The Bertz CT molecular complexity index is 1290. The fraction of sp³-hybridized carbons (Fsp3) is 0.250. The van der Waals surface area contributed by atoms with Gasteiger partial charge in [-0.3, -0.25) is 4.79 Å². The molecule has 4 aromatic rings. The second-order valence-electron chi connectivity index (χ2n) is 8.72. The Balaban J connectivity index is 1.18. The molecule has 1 saturated heterocycles. The number of ether oxygens (including phenoxy) is 1. The first kappa shape index (κ1) is 21.9. The summed E-state index contributed by atoms with van der Waals surface area (Å²) >= 11 is 0. The van der Waals surface area contributed by atoms with Crippen molar-refractivity contribution >= 4 is 22.5 Å². The highest BCUT2D eigenvalue weighted by Gasteiger charge is 2.23. The standard InChI is InChI=1S/C28H28N4O2/c1-20-6-5-7-21(2)28(20)34-19-27(33)32-16-14-31(15-17-32)26-13-12-25(29-30-26)24-11-10-22-8-3-4-9-23(22)18-24/h3-13,18H,14-17,19H2,1-2H3. The molecular formula is C28H28N4O2. The van der Waals surface area contributed by atoms with Gasteiger partial charge in [-0.05, 0) is 53.9 Å². The lowest BCUT2D eigenvalue weighted by Crippen LogP contribution is -2.50. The predicted molar refractivity (Wildman–Crippen MR) is 135 cm³/mol. The van der Waals surface area contributed by atoms with Crippen molar-refractivity contribution in [3.8, 4) is 17.0 Å². The molecule has 1 aliphatic heterocycles. The van der Waals surface area contributed by atoms with Crippen molar-refractivity contribution < 1.29 is 9.53 Å². The molecule has 0 radical (unpaired) electrons. The second kappa shape index (κ2) is 9.51. The fourth-order valence-electron chi connectivity index (χ4n) is 4.43. The van der Waals surface area contributed by atoms with Crippen molar-refractivity contribution in [2.45, 2.75) is 13.8 Å². The van der Waals surface area contributed by atoms with Gasteiger partial charge in [0.2, 0.25) is 0 Å². The summed E-state index contributed by atoms with van der Waals surface area (Å²) < 4.78 is 5.85. The molecule has 1 fully saturated rings. The minimum Gasteiger partial charge on any atom is -0.483 e. The van der Waals surface area contributed by atoms with Crippen LogP contribution < -0.4 is 9.64 Å². The molecule has 6 nitrogen and oxygen atoms in total. The van der Waals surface area contributed by atoms with Crippen molar-refractivity contribution in [3.05, 3.63) is 83.9 Å². The monoisotopic (exact) mass is 452 g/mol.